The van der Waals surface area contributed by atoms with Crippen molar-refractivity contribution in [1.29, 1.82) is 0 Å². The van der Waals surface area contributed by atoms with Gasteiger partial charge in [-0.3, -0.25) is 0 Å². The highest BCUT2D eigenvalue weighted by Gasteiger charge is 2.35. The smallest absolute Gasteiger partial charge is 0.000718 e. The molecule has 0 aliphatic heterocycles. The van der Waals surface area contributed by atoms with Crippen LogP contribution in [-0.2, 0) is 0 Å². The monoisotopic (exact) mass is 844 g/mol. The van der Waals surface area contributed by atoms with Crippen molar-refractivity contribution in [2.75, 3.05) is 0 Å². The molecule has 0 heteroatoms. The molecule has 2 aliphatic carbocycles. The molecule has 0 unspecified atom stereocenters. The van der Waals surface area contributed by atoms with Crippen molar-refractivity contribution in [1.82, 2.24) is 0 Å². The third-order valence-electron chi connectivity index (χ3n) is 15.3. The molecule has 0 spiro atoms. The van der Waals surface area contributed by atoms with E-state index < -0.39 is 0 Å². The van der Waals surface area contributed by atoms with Gasteiger partial charge >= 0.3 is 0 Å². The fourth-order valence-corrected chi connectivity index (χ4v) is 12.6. The molecule has 13 aromatic carbocycles. The molecular weight excluding hydrogens is 805 g/mol. The second-order valence-electron chi connectivity index (χ2n) is 18.6. The summed E-state index contributed by atoms with van der Waals surface area (Å²) in [6.07, 6.45) is 0. The van der Waals surface area contributed by atoms with Crippen LogP contribution >= 0.6 is 0 Å². The second kappa shape index (κ2) is 13.7. The van der Waals surface area contributed by atoms with Gasteiger partial charge in [0, 0.05) is 0 Å². The van der Waals surface area contributed by atoms with Gasteiger partial charge in [-0.2, -0.15) is 0 Å². The average Bonchev–Trinajstić information content (AvgIpc) is 3.92. The number of rotatable bonds is 5. The molecular formula is C67H40. The molecule has 0 atom stereocenters. The van der Waals surface area contributed by atoms with E-state index in [4.69, 9.17) is 0 Å². The van der Waals surface area contributed by atoms with Crippen molar-refractivity contribution in [3.8, 4) is 100 Å². The van der Waals surface area contributed by atoms with Gasteiger partial charge in [-0.05, 0) is 166 Å². The lowest BCUT2D eigenvalue weighted by Crippen LogP contribution is -1.96. The van der Waals surface area contributed by atoms with Gasteiger partial charge in [0.05, 0.1) is 0 Å². The first kappa shape index (κ1) is 36.7. The molecule has 0 N–H and O–H groups in total. The lowest BCUT2D eigenvalue weighted by atomic mass is 9.80. The van der Waals surface area contributed by atoms with E-state index >= 15 is 0 Å². The summed E-state index contributed by atoms with van der Waals surface area (Å²) in [5.41, 5.74) is 24.6. The molecule has 0 aromatic heterocycles. The van der Waals surface area contributed by atoms with Gasteiger partial charge in [0.1, 0.15) is 0 Å². The lowest BCUT2D eigenvalue weighted by molar-refractivity contribution is 1.47. The minimum Gasteiger partial charge on any atom is -0.0622 e. The van der Waals surface area contributed by atoms with E-state index in [0.717, 1.165) is 0 Å². The van der Waals surface area contributed by atoms with Crippen molar-refractivity contribution >= 4 is 53.9 Å². The van der Waals surface area contributed by atoms with Crippen molar-refractivity contribution in [3.05, 3.63) is 230 Å². The molecule has 0 nitrogen and oxygen atoms in total. The summed E-state index contributed by atoms with van der Waals surface area (Å²) in [6, 6.07) is 84.2. The van der Waals surface area contributed by atoms with E-state index in [1.54, 1.807) is 0 Å². The molecule has 67 heavy (non-hydrogen) atoms. The Kier molecular flexibility index (Phi) is 7.52. The molecule has 0 saturated carbocycles. The highest BCUT2D eigenvalue weighted by Crippen LogP contribution is 2.62. The van der Waals surface area contributed by atoms with Crippen LogP contribution in [0.2, 0.25) is 0 Å². The highest BCUT2D eigenvalue weighted by atomic mass is 14.4. The Morgan fingerprint density at radius 2 is 0.507 bits per heavy atom. The van der Waals surface area contributed by atoms with Crippen molar-refractivity contribution in [2.24, 2.45) is 0 Å². The first-order valence-electron chi connectivity index (χ1n) is 23.5. The Labute approximate surface area is 389 Å². The average molecular weight is 845 g/mol. The van der Waals surface area contributed by atoms with Crippen LogP contribution in [0.1, 0.15) is 5.56 Å². The Balaban J connectivity index is 1.07. The molecule has 13 aromatic rings. The first-order chi connectivity index (χ1) is 33.2. The minimum atomic E-state index is 1.22. The summed E-state index contributed by atoms with van der Waals surface area (Å²) in [4.78, 5) is 0. The molecule has 0 heterocycles. The maximum absolute atomic E-state index is 2.46. The van der Waals surface area contributed by atoms with Crippen molar-refractivity contribution in [2.45, 2.75) is 6.92 Å². The topological polar surface area (TPSA) is 0 Å². The minimum absolute atomic E-state index is 1.22. The van der Waals surface area contributed by atoms with Gasteiger partial charge in [-0.25, -0.2) is 0 Å². The van der Waals surface area contributed by atoms with Crippen LogP contribution < -0.4 is 0 Å². The normalized spacial score (nSPS) is 12.3. The number of hydrogen-bond acceptors (Lipinski definition) is 0. The molecule has 0 saturated heterocycles. The largest absolute Gasteiger partial charge is 0.0622 e. The predicted molar refractivity (Wildman–Crippen MR) is 286 cm³/mol. The Morgan fingerprint density at radius 3 is 0.955 bits per heavy atom. The molecule has 0 fully saturated rings. The van der Waals surface area contributed by atoms with Crippen LogP contribution in [0.15, 0.2) is 224 Å². The lowest BCUT2D eigenvalue weighted by Gasteiger charge is -2.22. The van der Waals surface area contributed by atoms with E-state index in [-0.39, 0.29) is 0 Å². The summed E-state index contributed by atoms with van der Waals surface area (Å²) in [7, 11) is 0. The standard InChI is InChI=1S/C67H40/c1-39-17-11-12-24-43(39)58-48-27-15-16-28-49(48)63(47-26-14-13-25-44(47)40-18-5-2-6-19-40)67-57-38-34-53-51-32-36-55-60-46(42-22-9-4-10-23-42)30-29-45(41-20-7-3-8-21-41)59(60)54-35-31-50(61(51)64(54)55)52-33-37-56(66(58)67)65(57)62(52)53/h2-38H,1H3. The third kappa shape index (κ3) is 4.92. The molecule has 0 bridgehead atoms. The van der Waals surface area contributed by atoms with Crippen LogP contribution in [0.3, 0.4) is 0 Å². The van der Waals surface area contributed by atoms with Crippen LogP contribution in [0.4, 0.5) is 0 Å². The van der Waals surface area contributed by atoms with Crippen LogP contribution in [0, 0.1) is 6.92 Å². The zero-order valence-electron chi connectivity index (χ0n) is 36.9. The Hall–Kier alpha value is -8.58. The van der Waals surface area contributed by atoms with E-state index in [9.17, 15) is 0 Å². The SMILES string of the molecule is Cc1ccccc1-c1c2c(c(-c3ccccc3-c3ccccc3)c3ccccc13)-c1ccc3c4ccc5c6c(ccc(c7ccc-2c1c73)c64)-c1c(-c2ccccc2)ccc(-c2ccccc2)c1-5. The van der Waals surface area contributed by atoms with E-state index in [1.165, 1.54) is 160 Å². The van der Waals surface area contributed by atoms with Crippen LogP contribution in [0.25, 0.3) is 154 Å². The van der Waals surface area contributed by atoms with Gasteiger partial charge in [0.25, 0.3) is 0 Å². The number of hydrogen-bond donors (Lipinski definition) is 0. The summed E-state index contributed by atoms with van der Waals surface area (Å²) in [5, 5.41) is 13.3. The predicted octanol–water partition coefficient (Wildman–Crippen LogP) is 18.8. The molecule has 2 aliphatic rings. The van der Waals surface area contributed by atoms with Crippen molar-refractivity contribution in [3.63, 3.8) is 0 Å². The summed E-state index contributed by atoms with van der Waals surface area (Å²) in [6.45, 7) is 2.27. The zero-order valence-corrected chi connectivity index (χ0v) is 36.9. The van der Waals surface area contributed by atoms with Gasteiger partial charge in [0.15, 0.2) is 0 Å². The fraction of sp³-hybridized carbons (Fsp3) is 0.0149. The summed E-state index contributed by atoms with van der Waals surface area (Å²) < 4.78 is 0. The van der Waals surface area contributed by atoms with E-state index in [2.05, 4.69) is 231 Å². The number of fused-ring (bicyclic) bond motifs is 9. The maximum Gasteiger partial charge on any atom is -0.000718 e. The highest BCUT2D eigenvalue weighted by molar-refractivity contribution is 6.42. The quantitative estimate of drug-likeness (QED) is 0.120. The maximum atomic E-state index is 2.46. The molecule has 0 amide bonds. The Bertz CT molecular complexity index is 4110. The Morgan fingerprint density at radius 1 is 0.179 bits per heavy atom. The van der Waals surface area contributed by atoms with Crippen LogP contribution in [-0.4, -0.2) is 0 Å². The van der Waals surface area contributed by atoms with E-state index in [1.807, 2.05) is 0 Å². The van der Waals surface area contributed by atoms with Gasteiger partial charge in [-0.15, -0.1) is 0 Å². The van der Waals surface area contributed by atoms with E-state index in [0.29, 0.717) is 0 Å². The third-order valence-corrected chi connectivity index (χ3v) is 15.3. The summed E-state index contributed by atoms with van der Waals surface area (Å²) in [5.74, 6) is 0. The van der Waals surface area contributed by atoms with Gasteiger partial charge in [0.2, 0.25) is 0 Å². The molecule has 15 rings (SSSR count). The van der Waals surface area contributed by atoms with Crippen molar-refractivity contribution < 1.29 is 0 Å². The molecule has 308 valence electrons. The number of aryl methyl sites for hydroxylation is 1. The zero-order chi connectivity index (χ0) is 43.9. The molecule has 0 radical (unpaired) electrons. The fourth-order valence-electron chi connectivity index (χ4n) is 12.6. The first-order valence-corrected chi connectivity index (χ1v) is 23.5. The number of benzene rings is 13. The van der Waals surface area contributed by atoms with Gasteiger partial charge < -0.3 is 0 Å². The summed E-state index contributed by atoms with van der Waals surface area (Å²) >= 11 is 0. The van der Waals surface area contributed by atoms with Crippen LogP contribution in [0.5, 0.6) is 0 Å². The second-order valence-corrected chi connectivity index (χ2v) is 18.6. The van der Waals surface area contributed by atoms with Gasteiger partial charge in [-0.1, -0.05) is 224 Å².